The number of methoxy groups -OCH3 is 1. The summed E-state index contributed by atoms with van der Waals surface area (Å²) < 4.78 is 16.9. The molecular formula is C31H24N4O4. The lowest BCUT2D eigenvalue weighted by Gasteiger charge is -2.12. The second-order valence-corrected chi connectivity index (χ2v) is 8.46. The van der Waals surface area contributed by atoms with E-state index in [1.165, 1.54) is 7.11 Å². The van der Waals surface area contributed by atoms with E-state index in [4.69, 9.17) is 14.2 Å². The molecule has 0 atom stereocenters. The minimum absolute atomic E-state index is 0.212. The van der Waals surface area contributed by atoms with Gasteiger partial charge in [0.05, 0.1) is 23.7 Å². The Morgan fingerprint density at radius 1 is 0.949 bits per heavy atom. The summed E-state index contributed by atoms with van der Waals surface area (Å²) in [4.78, 5) is 20.1. The highest BCUT2D eigenvalue weighted by molar-refractivity contribution is 5.92. The Morgan fingerprint density at radius 2 is 1.69 bits per heavy atom. The van der Waals surface area contributed by atoms with Gasteiger partial charge in [0.1, 0.15) is 23.4 Å². The molecule has 192 valence electrons. The lowest BCUT2D eigenvalue weighted by atomic mass is 10.1. The predicted molar refractivity (Wildman–Crippen MR) is 150 cm³/mol. The zero-order chi connectivity index (χ0) is 27.0. The zero-order valence-electron chi connectivity index (χ0n) is 21.0. The number of nitrogens with one attached hydrogen (secondary N) is 2. The van der Waals surface area contributed by atoms with Gasteiger partial charge in [-0.2, -0.15) is 5.26 Å². The smallest absolute Gasteiger partial charge is 0.262 e. The first kappa shape index (κ1) is 25.1. The molecule has 0 aliphatic rings. The minimum Gasteiger partial charge on any atom is -0.493 e. The number of amides is 1. The number of fused-ring (bicyclic) bond motifs is 1. The molecule has 0 aliphatic carbocycles. The van der Waals surface area contributed by atoms with E-state index in [-0.39, 0.29) is 12.5 Å². The van der Waals surface area contributed by atoms with Crippen LogP contribution in [0.2, 0.25) is 0 Å². The fraction of sp³-hybridized carbons (Fsp3) is 0.0645. The van der Waals surface area contributed by atoms with Crippen molar-refractivity contribution in [2.24, 2.45) is 0 Å². The highest BCUT2D eigenvalue weighted by Gasteiger charge is 2.11. The molecule has 0 unspecified atom stereocenters. The molecule has 5 aromatic rings. The van der Waals surface area contributed by atoms with E-state index >= 15 is 0 Å². The summed E-state index contributed by atoms with van der Waals surface area (Å²) in [5.74, 6) is 2.38. The second kappa shape index (κ2) is 11.7. The van der Waals surface area contributed by atoms with Crippen molar-refractivity contribution in [2.45, 2.75) is 0 Å². The minimum atomic E-state index is -0.325. The predicted octanol–water partition coefficient (Wildman–Crippen LogP) is 6.45. The molecular weight excluding hydrogens is 492 g/mol. The molecule has 0 bridgehead atoms. The summed E-state index contributed by atoms with van der Waals surface area (Å²) in [5.41, 5.74) is 3.35. The Morgan fingerprint density at radius 3 is 2.44 bits per heavy atom. The summed E-state index contributed by atoms with van der Waals surface area (Å²) in [6.45, 7) is -0.212. The number of ether oxygens (including phenoxy) is 3. The van der Waals surface area contributed by atoms with Crippen molar-refractivity contribution >= 4 is 34.3 Å². The van der Waals surface area contributed by atoms with Crippen LogP contribution in [0, 0.1) is 11.3 Å². The highest BCUT2D eigenvalue weighted by atomic mass is 16.5. The van der Waals surface area contributed by atoms with Gasteiger partial charge < -0.3 is 24.5 Å². The molecule has 0 aliphatic heterocycles. The van der Waals surface area contributed by atoms with Gasteiger partial charge >= 0.3 is 0 Å². The van der Waals surface area contributed by atoms with Gasteiger partial charge in [-0.25, -0.2) is 4.98 Å². The fourth-order valence-electron chi connectivity index (χ4n) is 3.87. The van der Waals surface area contributed by atoms with E-state index in [0.717, 1.165) is 22.3 Å². The second-order valence-electron chi connectivity index (χ2n) is 8.46. The van der Waals surface area contributed by atoms with Gasteiger partial charge in [0, 0.05) is 5.69 Å². The third-order valence-electron chi connectivity index (χ3n) is 5.74. The molecule has 0 spiro atoms. The number of hydrogen-bond donors (Lipinski definition) is 2. The number of hydrogen-bond acceptors (Lipinski definition) is 6. The number of allylic oxidation sites excluding steroid dienone is 1. The first-order valence-electron chi connectivity index (χ1n) is 12.1. The van der Waals surface area contributed by atoms with Crippen LogP contribution in [0.25, 0.3) is 22.7 Å². The van der Waals surface area contributed by atoms with Crippen molar-refractivity contribution in [1.82, 2.24) is 9.97 Å². The molecule has 0 saturated heterocycles. The molecule has 0 saturated carbocycles. The molecule has 0 radical (unpaired) electrons. The maximum absolute atomic E-state index is 12.5. The summed E-state index contributed by atoms with van der Waals surface area (Å²) in [6.07, 6.45) is 1.71. The van der Waals surface area contributed by atoms with Gasteiger partial charge in [-0.05, 0) is 72.3 Å². The van der Waals surface area contributed by atoms with E-state index < -0.39 is 0 Å². The monoisotopic (exact) mass is 516 g/mol. The number of carbonyl (C=O) groups excluding carboxylic acids is 1. The molecule has 39 heavy (non-hydrogen) atoms. The number of rotatable bonds is 9. The molecule has 0 fully saturated rings. The van der Waals surface area contributed by atoms with Crippen molar-refractivity contribution < 1.29 is 19.0 Å². The maximum Gasteiger partial charge on any atom is 0.262 e. The van der Waals surface area contributed by atoms with Crippen LogP contribution in [0.5, 0.6) is 23.0 Å². The topological polar surface area (TPSA) is 109 Å². The zero-order valence-corrected chi connectivity index (χ0v) is 21.0. The van der Waals surface area contributed by atoms with Crippen molar-refractivity contribution in [2.75, 3.05) is 19.0 Å². The highest BCUT2D eigenvalue weighted by Crippen LogP contribution is 2.30. The van der Waals surface area contributed by atoms with Crippen LogP contribution in [-0.2, 0) is 4.79 Å². The molecule has 8 heteroatoms. The number of para-hydroxylation sites is 3. The number of carbonyl (C=O) groups is 1. The number of H-pyrrole nitrogens is 1. The summed E-state index contributed by atoms with van der Waals surface area (Å²) in [6, 6.07) is 31.5. The lowest BCUT2D eigenvalue weighted by Crippen LogP contribution is -2.20. The van der Waals surface area contributed by atoms with E-state index in [1.54, 1.807) is 48.5 Å². The van der Waals surface area contributed by atoms with Crippen LogP contribution in [0.1, 0.15) is 11.4 Å². The largest absolute Gasteiger partial charge is 0.493 e. The number of anilines is 1. The van der Waals surface area contributed by atoms with E-state index in [1.807, 2.05) is 54.6 Å². The number of aromatic amines is 1. The first-order valence-corrected chi connectivity index (χ1v) is 12.1. The van der Waals surface area contributed by atoms with Gasteiger partial charge in [-0.1, -0.05) is 36.4 Å². The molecule has 1 amide bonds. The van der Waals surface area contributed by atoms with Crippen LogP contribution in [0.15, 0.2) is 97.1 Å². The van der Waals surface area contributed by atoms with E-state index in [9.17, 15) is 10.1 Å². The van der Waals surface area contributed by atoms with Crippen LogP contribution in [0.4, 0.5) is 5.69 Å². The first-order chi connectivity index (χ1) is 19.1. The Bertz CT molecular complexity index is 1640. The SMILES string of the molecule is COc1cc(C=C(C#N)c2nc3ccccc3[nH]2)ccc1OCC(=O)Nc1ccc(Oc2ccccc2)cc1. The molecule has 1 aromatic heterocycles. The van der Waals surface area contributed by atoms with Gasteiger partial charge in [0.2, 0.25) is 0 Å². The fourth-order valence-corrected chi connectivity index (χ4v) is 3.87. The van der Waals surface area contributed by atoms with Crippen molar-refractivity contribution in [3.05, 3.63) is 108 Å². The molecule has 1 heterocycles. The Hall–Kier alpha value is -5.55. The normalized spacial score (nSPS) is 11.0. The standard InChI is InChI=1S/C31H24N4O4/c1-37-29-18-21(17-22(19-32)31-34-26-9-5-6-10-27(26)35-31)11-16-28(29)38-20-30(36)33-23-12-14-25(15-13-23)39-24-7-3-2-4-8-24/h2-18H,20H2,1H3,(H,33,36)(H,34,35). The summed E-state index contributed by atoms with van der Waals surface area (Å²) in [7, 11) is 1.51. The molecule has 2 N–H and O–H groups in total. The lowest BCUT2D eigenvalue weighted by molar-refractivity contribution is -0.118. The molecule has 4 aromatic carbocycles. The Kier molecular flexibility index (Phi) is 7.51. The van der Waals surface area contributed by atoms with E-state index in [0.29, 0.717) is 34.3 Å². The van der Waals surface area contributed by atoms with Crippen LogP contribution in [-0.4, -0.2) is 29.6 Å². The molecule has 5 rings (SSSR count). The molecule has 8 nitrogen and oxygen atoms in total. The van der Waals surface area contributed by atoms with E-state index in [2.05, 4.69) is 21.4 Å². The summed E-state index contributed by atoms with van der Waals surface area (Å²) in [5, 5.41) is 12.5. The van der Waals surface area contributed by atoms with Crippen molar-refractivity contribution in [1.29, 1.82) is 5.26 Å². The van der Waals surface area contributed by atoms with Gasteiger partial charge in [0.25, 0.3) is 5.91 Å². The van der Waals surface area contributed by atoms with Crippen LogP contribution >= 0.6 is 0 Å². The number of nitrogens with zero attached hydrogens (tertiary/aromatic N) is 2. The Labute approximate surface area is 225 Å². The van der Waals surface area contributed by atoms with Crippen molar-refractivity contribution in [3.8, 4) is 29.1 Å². The van der Waals surface area contributed by atoms with Crippen molar-refractivity contribution in [3.63, 3.8) is 0 Å². The van der Waals surface area contributed by atoms with Crippen LogP contribution < -0.4 is 19.5 Å². The average Bonchev–Trinajstić information content (AvgIpc) is 3.41. The van der Waals surface area contributed by atoms with Gasteiger partial charge in [-0.3, -0.25) is 4.79 Å². The summed E-state index contributed by atoms with van der Waals surface area (Å²) >= 11 is 0. The number of aromatic nitrogens is 2. The average molecular weight is 517 g/mol. The number of imidazole rings is 1. The maximum atomic E-state index is 12.5. The Balaban J connectivity index is 1.21. The van der Waals surface area contributed by atoms with Crippen LogP contribution in [0.3, 0.4) is 0 Å². The van der Waals surface area contributed by atoms with Gasteiger partial charge in [0.15, 0.2) is 18.1 Å². The van der Waals surface area contributed by atoms with Gasteiger partial charge in [-0.15, -0.1) is 0 Å². The number of nitriles is 1. The quantitative estimate of drug-likeness (QED) is 0.218. The third kappa shape index (κ3) is 6.24. The number of benzene rings is 4. The third-order valence-corrected chi connectivity index (χ3v) is 5.74.